The summed E-state index contributed by atoms with van der Waals surface area (Å²) >= 11 is 0. The molecule has 1 aromatic heterocycles. The van der Waals surface area contributed by atoms with E-state index in [9.17, 15) is 43.1 Å². The highest BCUT2D eigenvalue weighted by molar-refractivity contribution is 7.46. The molecule has 1 aromatic carbocycles. The van der Waals surface area contributed by atoms with Crippen molar-refractivity contribution in [3.05, 3.63) is 54.1 Å². The second-order valence-corrected chi connectivity index (χ2v) is 18.4. The van der Waals surface area contributed by atoms with E-state index in [0.717, 1.165) is 51.9 Å². The molecule has 6 amide bonds. The summed E-state index contributed by atoms with van der Waals surface area (Å²) in [5, 5.41) is 10.5. The number of hydrogen-bond donors (Lipinski definition) is 7. The van der Waals surface area contributed by atoms with Crippen molar-refractivity contribution < 1.29 is 52.4 Å². The molecule has 1 saturated heterocycles. The maximum Gasteiger partial charge on any atom is 0.469 e. The van der Waals surface area contributed by atoms with E-state index in [1.165, 1.54) is 17.4 Å². The Bertz CT molecular complexity index is 1860. The number of imidazole rings is 1. The molecule has 3 rings (SSSR count). The Morgan fingerprint density at radius 1 is 0.859 bits per heavy atom. The molecule has 1 fully saturated rings. The van der Waals surface area contributed by atoms with Crippen LogP contribution in [-0.4, -0.2) is 115 Å². The Morgan fingerprint density at radius 3 is 2.16 bits per heavy atom. The molecule has 0 unspecified atom stereocenters. The van der Waals surface area contributed by atoms with Crippen LogP contribution in [0.4, 0.5) is 0 Å². The lowest BCUT2D eigenvalue weighted by atomic mass is 10.0. The molecule has 19 nitrogen and oxygen atoms in total. The topological polar surface area (TPSA) is 274 Å². The summed E-state index contributed by atoms with van der Waals surface area (Å²) in [5.41, 5.74) is 7.36. The first-order chi connectivity index (χ1) is 30.2. The van der Waals surface area contributed by atoms with Crippen LogP contribution in [0, 0.1) is 5.92 Å². The molecule has 2 aromatic rings. The molecule has 8 N–H and O–H groups in total. The van der Waals surface area contributed by atoms with Gasteiger partial charge in [-0.1, -0.05) is 69.9 Å². The minimum absolute atomic E-state index is 0.0475. The number of nitrogens with two attached hydrogens (primary N) is 1. The lowest BCUT2D eigenvalue weighted by Gasteiger charge is -2.29. The molecule has 1 aliphatic rings. The van der Waals surface area contributed by atoms with Crippen molar-refractivity contribution in [3.63, 3.8) is 0 Å². The fourth-order valence-electron chi connectivity index (χ4n) is 7.56. The number of phosphoric acid groups is 1. The van der Waals surface area contributed by atoms with Crippen molar-refractivity contribution in [1.29, 1.82) is 0 Å². The molecule has 0 saturated carbocycles. The fraction of sp³-hybridized carbons (Fsp3) is 0.659. The van der Waals surface area contributed by atoms with Crippen molar-refractivity contribution in [3.8, 4) is 0 Å². The maximum atomic E-state index is 14.2. The number of nitrogens with one attached hydrogen (secondary N) is 4. The highest BCUT2D eigenvalue weighted by atomic mass is 31.2. The average Bonchev–Trinajstić information content (AvgIpc) is 3.89. The zero-order chi connectivity index (χ0) is 47.4. The van der Waals surface area contributed by atoms with Gasteiger partial charge in [0.1, 0.15) is 30.2 Å². The number of hydrogen-bond acceptors (Lipinski definition) is 10. The molecule has 1 aliphatic heterocycles. The van der Waals surface area contributed by atoms with Gasteiger partial charge >= 0.3 is 7.82 Å². The number of unbranched alkanes of at least 4 members (excludes halogenated alkanes) is 5. The van der Waals surface area contributed by atoms with Gasteiger partial charge in [-0.2, -0.15) is 0 Å². The van der Waals surface area contributed by atoms with Crippen molar-refractivity contribution in [1.82, 2.24) is 35.7 Å². The normalized spacial score (nSPS) is 16.5. The van der Waals surface area contributed by atoms with Crippen LogP contribution in [0.3, 0.4) is 0 Å². The molecule has 0 bridgehead atoms. The third kappa shape index (κ3) is 19.2. The van der Waals surface area contributed by atoms with Crippen LogP contribution in [0.2, 0.25) is 0 Å². The molecule has 358 valence electrons. The maximum absolute atomic E-state index is 14.2. The van der Waals surface area contributed by atoms with Gasteiger partial charge in [0.05, 0.1) is 31.6 Å². The van der Waals surface area contributed by atoms with Gasteiger partial charge < -0.3 is 51.0 Å². The average molecular weight is 919 g/mol. The van der Waals surface area contributed by atoms with Gasteiger partial charge in [0.15, 0.2) is 0 Å². The number of primary amides is 1. The van der Waals surface area contributed by atoms with Gasteiger partial charge in [-0.25, -0.2) is 9.55 Å². The zero-order valence-electron chi connectivity index (χ0n) is 38.2. The molecule has 2 heterocycles. The Kier molecular flexibility index (Phi) is 22.6. The minimum Gasteiger partial charge on any atom is -0.378 e. The molecular weight excluding hydrogens is 848 g/mol. The molecule has 64 heavy (non-hydrogen) atoms. The van der Waals surface area contributed by atoms with E-state index >= 15 is 0 Å². The van der Waals surface area contributed by atoms with E-state index < -0.39 is 73.7 Å². The minimum atomic E-state index is -5.06. The highest BCUT2D eigenvalue weighted by Crippen LogP contribution is 2.38. The number of likely N-dealkylation sites (tertiary alicyclic amines) is 1. The third-order valence-electron chi connectivity index (χ3n) is 10.9. The van der Waals surface area contributed by atoms with Gasteiger partial charge in [-0.15, -0.1) is 0 Å². The number of ether oxygens (including phenoxy) is 1. The van der Waals surface area contributed by atoms with Crippen LogP contribution in [0.5, 0.6) is 0 Å². The van der Waals surface area contributed by atoms with Crippen LogP contribution in [0.15, 0.2) is 42.9 Å². The van der Waals surface area contributed by atoms with Gasteiger partial charge in [-0.05, 0) is 77.7 Å². The summed E-state index contributed by atoms with van der Waals surface area (Å²) in [7, 11) is -5.06. The number of benzene rings is 1. The van der Waals surface area contributed by atoms with E-state index in [1.54, 1.807) is 12.5 Å². The standard InChI is InChI=1S/C44H71N8O11P/c1-29(2)25-35(49-44(58)37-20-16-23-52(37)38(53)21-24-62-30(3)4)43(57)48-36(42(56)47-31(5)41(55)50-39(40(45)54)32(6)63-64(59,60)61)26-34-27-46-28-51(34)22-15-10-8-7-9-12-17-33-18-13-11-14-19-33/h11,13-14,18-19,27-32,35-37,39H,7-10,12,15-17,20-26H2,1-6H3,(H2,45,54)(H,47,56)(H,48,57)(H,49,58)(H,50,55)(H2,59,60,61)/t31-,32+,35-,36-,37-,39-/m0/s1. The first-order valence-corrected chi connectivity index (χ1v) is 24.0. The smallest absolute Gasteiger partial charge is 0.378 e. The van der Waals surface area contributed by atoms with Crippen molar-refractivity contribution in [2.75, 3.05) is 13.2 Å². The van der Waals surface area contributed by atoms with Gasteiger partial charge in [0.2, 0.25) is 35.4 Å². The number of carbonyl (C=O) groups excluding carboxylic acids is 6. The predicted octanol–water partition coefficient (Wildman–Crippen LogP) is 2.80. The molecule has 0 radical (unpaired) electrons. The number of amides is 6. The Morgan fingerprint density at radius 2 is 1.52 bits per heavy atom. The number of carbonyl (C=O) groups is 6. The van der Waals surface area contributed by atoms with Crippen molar-refractivity contribution >= 4 is 43.3 Å². The number of nitrogens with zero attached hydrogens (tertiary/aromatic N) is 3. The summed E-state index contributed by atoms with van der Waals surface area (Å²) in [4.78, 5) is 105. The SMILES string of the molecule is CC(C)C[C@H](NC(=O)[C@@H]1CCCN1C(=O)CCOC(C)C)C(=O)N[C@@H](Cc1cncn1CCCCCCCCc1ccccc1)C(=O)N[C@@H](C)C(=O)N[C@H](C(N)=O)[C@@H](C)OP(=O)(O)O. The molecule has 0 spiro atoms. The fourth-order valence-corrected chi connectivity index (χ4v) is 8.12. The summed E-state index contributed by atoms with van der Waals surface area (Å²) in [5.74, 6) is -4.28. The first-order valence-electron chi connectivity index (χ1n) is 22.4. The number of aromatic nitrogens is 2. The van der Waals surface area contributed by atoms with Crippen LogP contribution in [0.25, 0.3) is 0 Å². The van der Waals surface area contributed by atoms with E-state index in [-0.39, 0.29) is 43.8 Å². The zero-order valence-corrected chi connectivity index (χ0v) is 39.1. The summed E-state index contributed by atoms with van der Waals surface area (Å²) in [6.07, 6.45) is 10.3. The lowest BCUT2D eigenvalue weighted by molar-refractivity contribution is -0.140. The Balaban J connectivity index is 1.75. The molecule has 20 heteroatoms. The van der Waals surface area contributed by atoms with E-state index in [2.05, 4.69) is 55.0 Å². The van der Waals surface area contributed by atoms with E-state index in [0.29, 0.717) is 31.6 Å². The monoisotopic (exact) mass is 918 g/mol. The largest absolute Gasteiger partial charge is 0.469 e. The van der Waals surface area contributed by atoms with Crippen LogP contribution >= 0.6 is 7.82 Å². The molecular formula is C44H71N8O11P. The quantitative estimate of drug-likeness (QED) is 0.0459. The van der Waals surface area contributed by atoms with Crippen LogP contribution in [-0.2, 0) is 62.0 Å². The highest BCUT2D eigenvalue weighted by Gasteiger charge is 2.37. The Labute approximate surface area is 377 Å². The summed E-state index contributed by atoms with van der Waals surface area (Å²) in [6, 6.07) is 4.24. The second kappa shape index (κ2) is 27.0. The number of rotatable bonds is 29. The number of aryl methyl sites for hydroxylation is 2. The van der Waals surface area contributed by atoms with Crippen molar-refractivity contribution in [2.24, 2.45) is 11.7 Å². The third-order valence-corrected chi connectivity index (χ3v) is 11.5. The van der Waals surface area contributed by atoms with Crippen molar-refractivity contribution in [2.45, 2.75) is 168 Å². The van der Waals surface area contributed by atoms with Crippen LogP contribution < -0.4 is 27.0 Å². The predicted molar refractivity (Wildman–Crippen MR) is 239 cm³/mol. The Hall–Kier alpha value is -4.68. The van der Waals surface area contributed by atoms with Crippen LogP contribution in [0.1, 0.15) is 117 Å². The summed E-state index contributed by atoms with van der Waals surface area (Å²) in [6.45, 7) is 11.2. The van der Waals surface area contributed by atoms with E-state index in [1.807, 2.05) is 38.3 Å². The van der Waals surface area contributed by atoms with E-state index in [4.69, 9.17) is 10.5 Å². The summed E-state index contributed by atoms with van der Waals surface area (Å²) < 4.78 is 23.4. The first kappa shape index (κ1) is 53.7. The van der Waals surface area contributed by atoms with Gasteiger partial charge in [0.25, 0.3) is 0 Å². The van der Waals surface area contributed by atoms with Gasteiger partial charge in [0, 0.05) is 31.4 Å². The lowest BCUT2D eigenvalue weighted by Crippen LogP contribution is -2.60. The molecule has 6 atom stereocenters. The molecule has 0 aliphatic carbocycles. The number of phosphoric ester groups is 1. The van der Waals surface area contributed by atoms with Gasteiger partial charge in [-0.3, -0.25) is 33.3 Å². The second-order valence-electron chi connectivity index (χ2n) is 17.2.